The summed E-state index contributed by atoms with van der Waals surface area (Å²) >= 11 is 0. The highest BCUT2D eigenvalue weighted by Gasteiger charge is 2.42. The number of para-hydroxylation sites is 2. The van der Waals surface area contributed by atoms with Crippen LogP contribution in [0.25, 0.3) is 16.7 Å². The van der Waals surface area contributed by atoms with Gasteiger partial charge in [0.05, 0.1) is 35.8 Å². The van der Waals surface area contributed by atoms with Gasteiger partial charge >= 0.3 is 0 Å². The maximum Gasteiger partial charge on any atom is 0.0991 e. The predicted octanol–water partition coefficient (Wildman–Crippen LogP) is 3.67. The second kappa shape index (κ2) is 7.62. The van der Waals surface area contributed by atoms with Gasteiger partial charge in [-0.05, 0) is 54.5 Å². The first kappa shape index (κ1) is 18.8. The fourth-order valence-corrected chi connectivity index (χ4v) is 5.66. The molecule has 0 spiro atoms. The lowest BCUT2D eigenvalue weighted by molar-refractivity contribution is 0.0374. The number of nitrogens with zero attached hydrogens (tertiary/aromatic N) is 5. The summed E-state index contributed by atoms with van der Waals surface area (Å²) < 4.78 is 4.25. The molecule has 0 bridgehead atoms. The maximum atomic E-state index is 11.0. The molecule has 0 radical (unpaired) electrons. The van der Waals surface area contributed by atoms with Crippen molar-refractivity contribution in [3.63, 3.8) is 0 Å². The molecule has 0 unspecified atom stereocenters. The molecule has 1 aliphatic carbocycles. The molecular weight excluding hydrogens is 386 g/mol. The van der Waals surface area contributed by atoms with Crippen molar-refractivity contribution in [2.75, 3.05) is 13.1 Å². The van der Waals surface area contributed by atoms with Crippen molar-refractivity contribution in [3.05, 3.63) is 79.1 Å². The molecule has 1 N–H and O–H groups in total. The summed E-state index contributed by atoms with van der Waals surface area (Å²) in [6, 6.07) is 17.0. The van der Waals surface area contributed by atoms with Crippen LogP contribution in [0.15, 0.2) is 73.6 Å². The SMILES string of the molecule is O[C@@H]1C[C@H]2CN(Cc3cccc(-n4ccnc4)c3)C[C@H]2C[C@H]1n1cnc2ccccc21. The minimum absolute atomic E-state index is 0.109. The van der Waals surface area contributed by atoms with Crippen LogP contribution in [0, 0.1) is 11.8 Å². The number of imidazole rings is 2. The van der Waals surface area contributed by atoms with Crippen molar-refractivity contribution in [1.29, 1.82) is 0 Å². The Bertz CT molecular complexity index is 1180. The standard InChI is InChI=1S/C25H27N5O/c31-25-12-20-15-28(13-18-4-3-5-21(10-18)29-9-8-26-16-29)14-19(20)11-24(25)30-17-27-22-6-1-2-7-23(22)30/h1-10,16-17,19-20,24-25,31H,11-15H2/t19-,20+,24-,25-/m1/s1. The fraction of sp³-hybridized carbons (Fsp3) is 0.360. The molecule has 6 heteroatoms. The smallest absolute Gasteiger partial charge is 0.0991 e. The molecule has 1 saturated heterocycles. The number of aromatic nitrogens is 4. The van der Waals surface area contributed by atoms with E-state index < -0.39 is 0 Å². The zero-order chi connectivity index (χ0) is 20.8. The van der Waals surface area contributed by atoms with Crippen molar-refractivity contribution in [2.45, 2.75) is 31.5 Å². The van der Waals surface area contributed by atoms with Crippen LogP contribution in [-0.2, 0) is 6.54 Å². The van der Waals surface area contributed by atoms with Gasteiger partial charge in [0, 0.05) is 37.7 Å². The van der Waals surface area contributed by atoms with Crippen LogP contribution in [-0.4, -0.2) is 48.3 Å². The molecule has 1 saturated carbocycles. The summed E-state index contributed by atoms with van der Waals surface area (Å²) in [5.74, 6) is 1.18. The van der Waals surface area contributed by atoms with E-state index in [0.717, 1.165) is 49.2 Å². The Labute approximate surface area is 181 Å². The molecule has 31 heavy (non-hydrogen) atoms. The number of aliphatic hydroxyl groups is 1. The van der Waals surface area contributed by atoms with Crippen LogP contribution in [0.4, 0.5) is 0 Å². The molecule has 1 aliphatic heterocycles. The lowest BCUT2D eigenvalue weighted by Gasteiger charge is -2.36. The van der Waals surface area contributed by atoms with Crippen LogP contribution >= 0.6 is 0 Å². The lowest BCUT2D eigenvalue weighted by Crippen LogP contribution is -2.36. The molecule has 6 rings (SSSR count). The van der Waals surface area contributed by atoms with E-state index in [1.807, 2.05) is 47.8 Å². The third-order valence-corrected chi connectivity index (χ3v) is 7.14. The quantitative estimate of drug-likeness (QED) is 0.555. The molecule has 2 aromatic carbocycles. The summed E-state index contributed by atoms with van der Waals surface area (Å²) in [6.07, 6.45) is 9.10. The van der Waals surface area contributed by atoms with Crippen molar-refractivity contribution in [3.8, 4) is 5.69 Å². The van der Waals surface area contributed by atoms with Crippen LogP contribution in [0.5, 0.6) is 0 Å². The minimum Gasteiger partial charge on any atom is -0.391 e. The molecule has 2 aliphatic rings. The van der Waals surface area contributed by atoms with E-state index in [0.29, 0.717) is 11.8 Å². The molecule has 4 atom stereocenters. The Morgan fingerprint density at radius 1 is 0.968 bits per heavy atom. The zero-order valence-electron chi connectivity index (χ0n) is 17.5. The van der Waals surface area contributed by atoms with E-state index in [4.69, 9.17) is 0 Å². The molecule has 6 nitrogen and oxygen atoms in total. The number of benzene rings is 2. The maximum absolute atomic E-state index is 11.0. The largest absolute Gasteiger partial charge is 0.391 e. The minimum atomic E-state index is -0.316. The van der Waals surface area contributed by atoms with Gasteiger partial charge in [0.1, 0.15) is 0 Å². The molecule has 158 valence electrons. The molecule has 4 aromatic rings. The Morgan fingerprint density at radius 2 is 1.84 bits per heavy atom. The number of rotatable bonds is 4. The van der Waals surface area contributed by atoms with Crippen LogP contribution in [0.3, 0.4) is 0 Å². The average Bonchev–Trinajstić information content (AvgIpc) is 3.53. The van der Waals surface area contributed by atoms with Crippen molar-refractivity contribution in [2.24, 2.45) is 11.8 Å². The van der Waals surface area contributed by atoms with Gasteiger partial charge in [-0.25, -0.2) is 9.97 Å². The van der Waals surface area contributed by atoms with E-state index in [-0.39, 0.29) is 12.1 Å². The molecule has 2 fully saturated rings. The number of hydrogen-bond acceptors (Lipinski definition) is 4. The fourth-order valence-electron chi connectivity index (χ4n) is 5.66. The van der Waals surface area contributed by atoms with Gasteiger partial charge in [-0.2, -0.15) is 0 Å². The number of aliphatic hydroxyl groups excluding tert-OH is 1. The van der Waals surface area contributed by atoms with Gasteiger partial charge < -0.3 is 14.2 Å². The number of fused-ring (bicyclic) bond motifs is 2. The summed E-state index contributed by atoms with van der Waals surface area (Å²) in [4.78, 5) is 11.3. The molecule has 0 amide bonds. The number of hydrogen-bond donors (Lipinski definition) is 1. The average molecular weight is 414 g/mol. The van der Waals surface area contributed by atoms with Gasteiger partial charge in [0.25, 0.3) is 0 Å². The Morgan fingerprint density at radius 3 is 2.71 bits per heavy atom. The Hall–Kier alpha value is -2.96. The normalized spacial score (nSPS) is 26.4. The van der Waals surface area contributed by atoms with Gasteiger partial charge in [-0.3, -0.25) is 4.90 Å². The van der Waals surface area contributed by atoms with Crippen LogP contribution < -0.4 is 0 Å². The predicted molar refractivity (Wildman–Crippen MR) is 120 cm³/mol. The van der Waals surface area contributed by atoms with Gasteiger partial charge in [0.2, 0.25) is 0 Å². The first-order valence-electron chi connectivity index (χ1n) is 11.1. The molecule has 3 heterocycles. The monoisotopic (exact) mass is 413 g/mol. The second-order valence-electron chi connectivity index (χ2n) is 9.10. The topological polar surface area (TPSA) is 59.1 Å². The van der Waals surface area contributed by atoms with E-state index in [9.17, 15) is 5.11 Å². The first-order valence-corrected chi connectivity index (χ1v) is 11.1. The van der Waals surface area contributed by atoms with E-state index in [1.54, 1.807) is 0 Å². The summed E-state index contributed by atoms with van der Waals surface area (Å²) in [5.41, 5.74) is 4.59. The van der Waals surface area contributed by atoms with E-state index >= 15 is 0 Å². The molecule has 2 aromatic heterocycles. The highest BCUT2D eigenvalue weighted by atomic mass is 16.3. The van der Waals surface area contributed by atoms with Gasteiger partial charge in [-0.15, -0.1) is 0 Å². The number of likely N-dealkylation sites (tertiary alicyclic amines) is 1. The van der Waals surface area contributed by atoms with E-state index in [2.05, 4.69) is 49.8 Å². The lowest BCUT2D eigenvalue weighted by atomic mass is 9.77. The van der Waals surface area contributed by atoms with Crippen LogP contribution in [0.2, 0.25) is 0 Å². The van der Waals surface area contributed by atoms with Gasteiger partial charge in [-0.1, -0.05) is 24.3 Å². The first-order chi connectivity index (χ1) is 15.2. The van der Waals surface area contributed by atoms with Crippen molar-refractivity contribution < 1.29 is 5.11 Å². The molecular formula is C25H27N5O. The highest BCUT2D eigenvalue weighted by molar-refractivity contribution is 5.75. The summed E-state index contributed by atoms with van der Waals surface area (Å²) in [7, 11) is 0. The second-order valence-corrected chi connectivity index (χ2v) is 9.10. The summed E-state index contributed by atoms with van der Waals surface area (Å²) in [5, 5.41) is 11.0. The third-order valence-electron chi connectivity index (χ3n) is 7.14. The summed E-state index contributed by atoms with van der Waals surface area (Å²) in [6.45, 7) is 3.11. The zero-order valence-corrected chi connectivity index (χ0v) is 17.5. The Balaban J connectivity index is 1.18. The van der Waals surface area contributed by atoms with Gasteiger partial charge in [0.15, 0.2) is 0 Å². The van der Waals surface area contributed by atoms with Crippen molar-refractivity contribution in [1.82, 2.24) is 24.0 Å². The van der Waals surface area contributed by atoms with Crippen molar-refractivity contribution >= 4 is 11.0 Å². The Kier molecular flexibility index (Phi) is 4.62. The highest BCUT2D eigenvalue weighted by Crippen LogP contribution is 2.42. The van der Waals surface area contributed by atoms with E-state index in [1.165, 1.54) is 5.56 Å². The van der Waals surface area contributed by atoms with Crippen LogP contribution in [0.1, 0.15) is 24.4 Å². The third kappa shape index (κ3) is 3.46.